The van der Waals surface area contributed by atoms with Crippen LogP contribution in [-0.4, -0.2) is 34.0 Å². The van der Waals surface area contributed by atoms with Crippen molar-refractivity contribution >= 4 is 23.1 Å². The third-order valence-corrected chi connectivity index (χ3v) is 4.65. The molecular weight excluding hydrogens is 344 g/mol. The van der Waals surface area contributed by atoms with Crippen LogP contribution in [0.15, 0.2) is 30.3 Å². The van der Waals surface area contributed by atoms with Gasteiger partial charge in [-0.2, -0.15) is 4.98 Å². The SMILES string of the molecule is CCCCc1cc(N2CCCC(N)C2)nc(Nc2cccc([N+](=O)[O-])c2)n1. The number of nitrogens with one attached hydrogen (secondary N) is 1. The fourth-order valence-electron chi connectivity index (χ4n) is 3.23. The first-order chi connectivity index (χ1) is 13.0. The second kappa shape index (κ2) is 8.77. The van der Waals surface area contributed by atoms with Crippen molar-refractivity contribution in [3.63, 3.8) is 0 Å². The summed E-state index contributed by atoms with van der Waals surface area (Å²) in [6.07, 6.45) is 5.08. The summed E-state index contributed by atoms with van der Waals surface area (Å²) in [6, 6.07) is 8.55. The Kier molecular flexibility index (Phi) is 6.18. The number of hydrogen-bond acceptors (Lipinski definition) is 7. The summed E-state index contributed by atoms with van der Waals surface area (Å²) in [7, 11) is 0. The normalized spacial score (nSPS) is 17.0. The maximum absolute atomic E-state index is 11.0. The average Bonchev–Trinajstić information content (AvgIpc) is 2.66. The van der Waals surface area contributed by atoms with E-state index in [0.29, 0.717) is 11.6 Å². The fraction of sp³-hybridized carbons (Fsp3) is 0.474. The van der Waals surface area contributed by atoms with Gasteiger partial charge in [0.15, 0.2) is 0 Å². The van der Waals surface area contributed by atoms with Crippen LogP contribution in [0.4, 0.5) is 23.1 Å². The van der Waals surface area contributed by atoms with E-state index in [0.717, 1.165) is 56.7 Å². The molecule has 1 aliphatic rings. The van der Waals surface area contributed by atoms with Crippen LogP contribution in [0.3, 0.4) is 0 Å². The van der Waals surface area contributed by atoms with Gasteiger partial charge in [-0.25, -0.2) is 4.98 Å². The lowest BCUT2D eigenvalue weighted by Gasteiger charge is -2.32. The van der Waals surface area contributed by atoms with Crippen molar-refractivity contribution in [2.75, 3.05) is 23.3 Å². The zero-order chi connectivity index (χ0) is 19.2. The van der Waals surface area contributed by atoms with Crippen LogP contribution in [0.2, 0.25) is 0 Å². The van der Waals surface area contributed by atoms with Crippen LogP contribution in [-0.2, 0) is 6.42 Å². The number of aryl methyl sites for hydroxylation is 1. The second-order valence-corrected chi connectivity index (χ2v) is 6.93. The lowest BCUT2D eigenvalue weighted by Crippen LogP contribution is -2.43. The van der Waals surface area contributed by atoms with Gasteiger partial charge in [-0.15, -0.1) is 0 Å². The van der Waals surface area contributed by atoms with Crippen LogP contribution >= 0.6 is 0 Å². The van der Waals surface area contributed by atoms with Gasteiger partial charge in [0.1, 0.15) is 5.82 Å². The third kappa shape index (κ3) is 5.13. The number of nitro groups is 1. The zero-order valence-electron chi connectivity index (χ0n) is 15.6. The molecule has 2 aromatic rings. The number of benzene rings is 1. The Balaban J connectivity index is 1.87. The number of non-ortho nitro benzene ring substituents is 1. The molecule has 144 valence electrons. The number of nitrogens with two attached hydrogens (primary N) is 1. The zero-order valence-corrected chi connectivity index (χ0v) is 15.6. The van der Waals surface area contributed by atoms with Crippen LogP contribution in [0.1, 0.15) is 38.3 Å². The molecule has 0 radical (unpaired) electrons. The maximum atomic E-state index is 11.0. The molecule has 3 N–H and O–H groups in total. The molecule has 0 bridgehead atoms. The summed E-state index contributed by atoms with van der Waals surface area (Å²) in [5, 5.41) is 14.1. The first-order valence-electron chi connectivity index (χ1n) is 9.45. The molecule has 8 nitrogen and oxygen atoms in total. The minimum Gasteiger partial charge on any atom is -0.355 e. The number of hydrogen-bond donors (Lipinski definition) is 2. The molecule has 3 rings (SSSR count). The van der Waals surface area contributed by atoms with E-state index in [1.54, 1.807) is 12.1 Å². The molecule has 1 aliphatic heterocycles. The molecule has 2 heterocycles. The van der Waals surface area contributed by atoms with Crippen molar-refractivity contribution in [2.45, 2.75) is 45.1 Å². The molecule has 1 aromatic heterocycles. The first kappa shape index (κ1) is 19.0. The minimum absolute atomic E-state index is 0.0318. The number of anilines is 3. The van der Waals surface area contributed by atoms with Gasteiger partial charge in [0.25, 0.3) is 5.69 Å². The predicted octanol–water partition coefficient (Wildman–Crippen LogP) is 3.40. The van der Waals surface area contributed by atoms with Gasteiger partial charge in [-0.3, -0.25) is 10.1 Å². The third-order valence-electron chi connectivity index (χ3n) is 4.65. The van der Waals surface area contributed by atoms with E-state index in [-0.39, 0.29) is 11.7 Å². The smallest absolute Gasteiger partial charge is 0.271 e. The Labute approximate surface area is 159 Å². The summed E-state index contributed by atoms with van der Waals surface area (Å²) < 4.78 is 0. The molecule has 0 aliphatic carbocycles. The Hall–Kier alpha value is -2.74. The lowest BCUT2D eigenvalue weighted by atomic mass is 10.1. The molecule has 1 aromatic carbocycles. The predicted molar refractivity (Wildman–Crippen MR) is 106 cm³/mol. The van der Waals surface area contributed by atoms with Gasteiger partial charge in [0.2, 0.25) is 5.95 Å². The highest BCUT2D eigenvalue weighted by atomic mass is 16.6. The van der Waals surface area contributed by atoms with Crippen LogP contribution < -0.4 is 16.0 Å². The van der Waals surface area contributed by atoms with E-state index in [1.807, 2.05) is 6.07 Å². The Morgan fingerprint density at radius 3 is 2.96 bits per heavy atom. The molecule has 1 fully saturated rings. The summed E-state index contributed by atoms with van der Waals surface area (Å²) in [5.74, 6) is 1.32. The van der Waals surface area contributed by atoms with E-state index in [1.165, 1.54) is 12.1 Å². The molecule has 8 heteroatoms. The molecule has 27 heavy (non-hydrogen) atoms. The largest absolute Gasteiger partial charge is 0.355 e. The lowest BCUT2D eigenvalue weighted by molar-refractivity contribution is -0.384. The molecule has 0 spiro atoms. The van der Waals surface area contributed by atoms with Gasteiger partial charge in [-0.1, -0.05) is 19.4 Å². The Morgan fingerprint density at radius 1 is 1.37 bits per heavy atom. The van der Waals surface area contributed by atoms with Crippen molar-refractivity contribution < 1.29 is 4.92 Å². The van der Waals surface area contributed by atoms with Crippen molar-refractivity contribution in [1.82, 2.24) is 9.97 Å². The molecular formula is C19H26N6O2. The number of unbranched alkanes of at least 4 members (excludes halogenated alkanes) is 1. The number of aromatic nitrogens is 2. The molecule has 1 atom stereocenters. The van der Waals surface area contributed by atoms with E-state index >= 15 is 0 Å². The topological polar surface area (TPSA) is 110 Å². The minimum atomic E-state index is -0.412. The van der Waals surface area contributed by atoms with Gasteiger partial charge >= 0.3 is 0 Å². The Morgan fingerprint density at radius 2 is 2.22 bits per heavy atom. The van der Waals surface area contributed by atoms with Gasteiger partial charge in [0.05, 0.1) is 4.92 Å². The number of piperidine rings is 1. The molecule has 0 amide bonds. The maximum Gasteiger partial charge on any atom is 0.271 e. The standard InChI is InChI=1S/C19H26N6O2/c1-2-3-7-16-12-18(24-10-5-6-14(20)13-24)23-19(22-16)21-15-8-4-9-17(11-15)25(26)27/h4,8-9,11-12,14H,2-3,5-7,10,13,20H2,1H3,(H,21,22,23). The van der Waals surface area contributed by atoms with Crippen molar-refractivity contribution in [2.24, 2.45) is 5.73 Å². The average molecular weight is 370 g/mol. The van der Waals surface area contributed by atoms with E-state index in [4.69, 9.17) is 5.73 Å². The number of nitro benzene ring substituents is 1. The quantitative estimate of drug-likeness (QED) is 0.567. The van der Waals surface area contributed by atoms with E-state index in [2.05, 4.69) is 27.1 Å². The van der Waals surface area contributed by atoms with Crippen molar-refractivity contribution in [1.29, 1.82) is 0 Å². The molecule has 0 saturated carbocycles. The highest BCUT2D eigenvalue weighted by molar-refractivity contribution is 5.59. The highest BCUT2D eigenvalue weighted by Gasteiger charge is 2.19. The Bertz CT molecular complexity index is 798. The van der Waals surface area contributed by atoms with Gasteiger partial charge < -0.3 is 16.0 Å². The van der Waals surface area contributed by atoms with Crippen molar-refractivity contribution in [3.05, 3.63) is 46.1 Å². The van der Waals surface area contributed by atoms with Crippen molar-refractivity contribution in [3.8, 4) is 0 Å². The highest BCUT2D eigenvalue weighted by Crippen LogP contribution is 2.24. The molecule has 1 saturated heterocycles. The van der Waals surface area contributed by atoms with Crippen LogP contribution in [0.5, 0.6) is 0 Å². The summed E-state index contributed by atoms with van der Waals surface area (Å²) in [4.78, 5) is 22.0. The summed E-state index contributed by atoms with van der Waals surface area (Å²) in [5.41, 5.74) is 7.72. The first-order valence-corrected chi connectivity index (χ1v) is 9.45. The fourth-order valence-corrected chi connectivity index (χ4v) is 3.23. The second-order valence-electron chi connectivity index (χ2n) is 6.93. The molecule has 1 unspecified atom stereocenters. The number of nitrogens with zero attached hydrogens (tertiary/aromatic N) is 4. The monoisotopic (exact) mass is 370 g/mol. The van der Waals surface area contributed by atoms with Gasteiger partial charge in [-0.05, 0) is 31.7 Å². The van der Waals surface area contributed by atoms with Gasteiger partial charge in [0, 0.05) is 48.7 Å². The van der Waals surface area contributed by atoms with Crippen LogP contribution in [0, 0.1) is 10.1 Å². The summed E-state index contributed by atoms with van der Waals surface area (Å²) >= 11 is 0. The number of rotatable bonds is 7. The van der Waals surface area contributed by atoms with E-state index < -0.39 is 4.92 Å². The van der Waals surface area contributed by atoms with Crippen LogP contribution in [0.25, 0.3) is 0 Å². The van der Waals surface area contributed by atoms with E-state index in [9.17, 15) is 10.1 Å². The summed E-state index contributed by atoms with van der Waals surface area (Å²) in [6.45, 7) is 3.85.